The van der Waals surface area contributed by atoms with E-state index in [0.29, 0.717) is 6.04 Å². The summed E-state index contributed by atoms with van der Waals surface area (Å²) in [5.41, 5.74) is 1.62. The minimum absolute atomic E-state index is 0.593. The summed E-state index contributed by atoms with van der Waals surface area (Å²) < 4.78 is 0. The van der Waals surface area contributed by atoms with E-state index < -0.39 is 0 Å². The highest BCUT2D eigenvalue weighted by Gasteiger charge is 2.20. The first-order valence-corrected chi connectivity index (χ1v) is 7.65. The molecule has 1 aliphatic carbocycles. The van der Waals surface area contributed by atoms with Crippen molar-refractivity contribution in [3.05, 3.63) is 21.9 Å². The minimum atomic E-state index is 0.593. The monoisotopic (exact) mass is 252 g/mol. The second-order valence-electron chi connectivity index (χ2n) is 5.20. The molecule has 1 aromatic heterocycles. The van der Waals surface area contributed by atoms with Crippen LogP contribution < -0.4 is 10.6 Å². The molecule has 1 aromatic rings. The molecule has 3 heteroatoms. The van der Waals surface area contributed by atoms with Gasteiger partial charge in [-0.2, -0.15) is 0 Å². The predicted molar refractivity (Wildman–Crippen MR) is 76.0 cm³/mol. The molecule has 1 aliphatic rings. The Morgan fingerprint density at radius 1 is 1.41 bits per heavy atom. The van der Waals surface area contributed by atoms with Gasteiger partial charge in [-0.25, -0.2) is 0 Å². The molecule has 0 aliphatic heterocycles. The zero-order valence-corrected chi connectivity index (χ0v) is 11.8. The van der Waals surface area contributed by atoms with E-state index >= 15 is 0 Å². The van der Waals surface area contributed by atoms with Crippen LogP contribution in [-0.2, 0) is 6.42 Å². The summed E-state index contributed by atoms with van der Waals surface area (Å²) >= 11 is 1.94. The first kappa shape index (κ1) is 13.1. The van der Waals surface area contributed by atoms with Gasteiger partial charge >= 0.3 is 0 Å². The molecule has 0 saturated carbocycles. The third-order valence-electron chi connectivity index (χ3n) is 3.42. The minimum Gasteiger partial charge on any atom is -0.315 e. The molecule has 17 heavy (non-hydrogen) atoms. The van der Waals surface area contributed by atoms with Crippen LogP contribution in [0.25, 0.3) is 0 Å². The second-order valence-corrected chi connectivity index (χ2v) is 6.20. The van der Waals surface area contributed by atoms with Crippen LogP contribution in [0.1, 0.15) is 43.0 Å². The Balaban J connectivity index is 1.71. The van der Waals surface area contributed by atoms with Crippen LogP contribution in [0.3, 0.4) is 0 Å². The van der Waals surface area contributed by atoms with Gasteiger partial charge in [0, 0.05) is 30.6 Å². The number of hydrogen-bond donors (Lipinski definition) is 2. The highest BCUT2D eigenvalue weighted by Crippen LogP contribution is 2.34. The molecule has 0 fully saturated rings. The van der Waals surface area contributed by atoms with Gasteiger partial charge in [0.1, 0.15) is 0 Å². The van der Waals surface area contributed by atoms with Gasteiger partial charge in [0.25, 0.3) is 0 Å². The maximum atomic E-state index is 3.58. The zero-order valence-electron chi connectivity index (χ0n) is 11.0. The van der Waals surface area contributed by atoms with Crippen LogP contribution in [0.2, 0.25) is 0 Å². The van der Waals surface area contributed by atoms with Crippen LogP contribution in [0.4, 0.5) is 0 Å². The third-order valence-corrected chi connectivity index (χ3v) is 4.42. The van der Waals surface area contributed by atoms with E-state index in [1.165, 1.54) is 19.3 Å². The summed E-state index contributed by atoms with van der Waals surface area (Å²) in [4.78, 5) is 1.63. The van der Waals surface area contributed by atoms with E-state index in [-0.39, 0.29) is 0 Å². The van der Waals surface area contributed by atoms with Crippen LogP contribution in [0.15, 0.2) is 11.4 Å². The van der Waals surface area contributed by atoms with Crippen molar-refractivity contribution in [3.63, 3.8) is 0 Å². The van der Waals surface area contributed by atoms with Crippen molar-refractivity contribution in [1.29, 1.82) is 0 Å². The lowest BCUT2D eigenvalue weighted by Crippen LogP contribution is -2.33. The number of nitrogens with one attached hydrogen (secondary N) is 2. The van der Waals surface area contributed by atoms with Gasteiger partial charge in [-0.3, -0.25) is 0 Å². The molecule has 1 unspecified atom stereocenters. The molecule has 1 atom stereocenters. The topological polar surface area (TPSA) is 24.1 Å². The highest BCUT2D eigenvalue weighted by atomic mass is 32.1. The predicted octanol–water partition coefficient (Wildman–Crippen LogP) is 2.76. The van der Waals surface area contributed by atoms with Crippen molar-refractivity contribution in [2.75, 3.05) is 19.6 Å². The SMILES string of the molecule is CC(C)NCCNCC1CCCc2sccc21. The Kier molecular flexibility index (Phi) is 5.01. The molecule has 1 heterocycles. The number of fused-ring (bicyclic) bond motifs is 1. The number of hydrogen-bond acceptors (Lipinski definition) is 3. The number of thiophene rings is 1. The Morgan fingerprint density at radius 2 is 2.29 bits per heavy atom. The molecule has 2 N–H and O–H groups in total. The zero-order chi connectivity index (χ0) is 12.1. The Morgan fingerprint density at radius 3 is 3.12 bits per heavy atom. The molecule has 96 valence electrons. The lowest BCUT2D eigenvalue weighted by molar-refractivity contribution is 0.495. The van der Waals surface area contributed by atoms with E-state index in [1.807, 2.05) is 11.3 Å². The van der Waals surface area contributed by atoms with Crippen molar-refractivity contribution in [1.82, 2.24) is 10.6 Å². The van der Waals surface area contributed by atoms with Crippen LogP contribution >= 0.6 is 11.3 Å². The number of rotatable bonds is 6. The molecule has 0 spiro atoms. The van der Waals surface area contributed by atoms with Gasteiger partial charge < -0.3 is 10.6 Å². The quantitative estimate of drug-likeness (QED) is 0.761. The molecule has 2 rings (SSSR count). The summed E-state index contributed by atoms with van der Waals surface area (Å²) in [6, 6.07) is 2.92. The fraction of sp³-hybridized carbons (Fsp3) is 0.714. The number of aryl methyl sites for hydroxylation is 1. The van der Waals surface area contributed by atoms with Gasteiger partial charge in [0.05, 0.1) is 0 Å². The Bertz CT molecular complexity index is 333. The van der Waals surface area contributed by atoms with Gasteiger partial charge in [0.2, 0.25) is 0 Å². The lowest BCUT2D eigenvalue weighted by Gasteiger charge is -2.23. The summed E-state index contributed by atoms with van der Waals surface area (Å²) in [6.07, 6.45) is 4.02. The van der Waals surface area contributed by atoms with Gasteiger partial charge in [-0.1, -0.05) is 13.8 Å². The summed E-state index contributed by atoms with van der Waals surface area (Å²) in [5.74, 6) is 0.754. The summed E-state index contributed by atoms with van der Waals surface area (Å²) in [5, 5.41) is 9.27. The average Bonchev–Trinajstić information content (AvgIpc) is 2.77. The smallest absolute Gasteiger partial charge is 0.00805 e. The van der Waals surface area contributed by atoms with Gasteiger partial charge in [-0.05, 0) is 42.2 Å². The van der Waals surface area contributed by atoms with E-state index in [4.69, 9.17) is 0 Å². The Labute approximate surface area is 109 Å². The van der Waals surface area contributed by atoms with E-state index in [1.54, 1.807) is 10.4 Å². The fourth-order valence-corrected chi connectivity index (χ4v) is 3.53. The lowest BCUT2D eigenvalue weighted by atomic mass is 9.88. The molecule has 0 bridgehead atoms. The normalized spacial score (nSPS) is 19.6. The van der Waals surface area contributed by atoms with Crippen molar-refractivity contribution in [2.24, 2.45) is 0 Å². The second kappa shape index (κ2) is 6.53. The van der Waals surface area contributed by atoms with Crippen LogP contribution in [0, 0.1) is 0 Å². The molecule has 0 radical (unpaired) electrons. The largest absolute Gasteiger partial charge is 0.315 e. The summed E-state index contributed by atoms with van der Waals surface area (Å²) in [6.45, 7) is 7.68. The molecule has 2 nitrogen and oxygen atoms in total. The van der Waals surface area contributed by atoms with Crippen molar-refractivity contribution < 1.29 is 0 Å². The Hall–Kier alpha value is -0.380. The van der Waals surface area contributed by atoms with Crippen molar-refractivity contribution in [3.8, 4) is 0 Å². The molecular formula is C14H24N2S. The van der Waals surface area contributed by atoms with Crippen LogP contribution in [0.5, 0.6) is 0 Å². The molecule has 0 saturated heterocycles. The van der Waals surface area contributed by atoms with Crippen molar-refractivity contribution >= 4 is 11.3 Å². The average molecular weight is 252 g/mol. The first-order valence-electron chi connectivity index (χ1n) is 6.77. The maximum absolute atomic E-state index is 3.58. The molecule has 0 amide bonds. The van der Waals surface area contributed by atoms with E-state index in [0.717, 1.165) is 25.6 Å². The third kappa shape index (κ3) is 3.80. The maximum Gasteiger partial charge on any atom is 0.00805 e. The summed E-state index contributed by atoms with van der Waals surface area (Å²) in [7, 11) is 0. The van der Waals surface area contributed by atoms with Gasteiger partial charge in [-0.15, -0.1) is 11.3 Å². The van der Waals surface area contributed by atoms with Crippen LogP contribution in [-0.4, -0.2) is 25.7 Å². The fourth-order valence-electron chi connectivity index (χ4n) is 2.52. The first-order chi connectivity index (χ1) is 8.27. The standard InChI is InChI=1S/C14H24N2S/c1-11(2)16-8-7-15-10-12-4-3-5-14-13(12)6-9-17-14/h6,9,11-12,15-16H,3-5,7-8,10H2,1-2H3. The molecular weight excluding hydrogens is 228 g/mol. The molecule has 0 aromatic carbocycles. The van der Waals surface area contributed by atoms with E-state index in [9.17, 15) is 0 Å². The van der Waals surface area contributed by atoms with E-state index in [2.05, 4.69) is 35.9 Å². The highest BCUT2D eigenvalue weighted by molar-refractivity contribution is 7.10. The van der Waals surface area contributed by atoms with Gasteiger partial charge in [0.15, 0.2) is 0 Å². The van der Waals surface area contributed by atoms with Crippen molar-refractivity contribution in [2.45, 2.75) is 45.1 Å².